The van der Waals surface area contributed by atoms with Crippen molar-refractivity contribution in [3.05, 3.63) is 29.8 Å². The van der Waals surface area contributed by atoms with Gasteiger partial charge in [0.1, 0.15) is 0 Å². The topological polar surface area (TPSA) is 49.5 Å². The number of likely N-dealkylation sites (tertiary alicyclic amines) is 1. The van der Waals surface area contributed by atoms with Crippen molar-refractivity contribution >= 4 is 5.69 Å². The molecule has 3 N–H and O–H groups in total. The lowest BCUT2D eigenvalue weighted by Crippen LogP contribution is -2.23. The van der Waals surface area contributed by atoms with Gasteiger partial charge in [0, 0.05) is 25.4 Å². The summed E-state index contributed by atoms with van der Waals surface area (Å²) < 4.78 is 0. The average Bonchev–Trinajstić information content (AvgIpc) is 2.76. The normalized spacial score (nSPS) is 20.9. The zero-order valence-corrected chi connectivity index (χ0v) is 10.3. The predicted octanol–water partition coefficient (Wildman–Crippen LogP) is 1.52. The molecule has 0 spiro atoms. The van der Waals surface area contributed by atoms with E-state index in [1.165, 1.54) is 12.0 Å². The van der Waals surface area contributed by atoms with E-state index < -0.39 is 0 Å². The Labute approximate surface area is 103 Å². The van der Waals surface area contributed by atoms with Gasteiger partial charge < -0.3 is 15.7 Å². The van der Waals surface area contributed by atoms with E-state index in [2.05, 4.69) is 11.0 Å². The molecule has 0 aromatic heterocycles. The van der Waals surface area contributed by atoms with Crippen LogP contribution in [0.1, 0.15) is 18.4 Å². The number of nitrogen functional groups attached to an aromatic ring is 1. The minimum absolute atomic E-state index is 0.324. The number of benzene rings is 1. The van der Waals surface area contributed by atoms with Crippen LogP contribution in [0.5, 0.6) is 0 Å². The highest BCUT2D eigenvalue weighted by Crippen LogP contribution is 2.20. The Bertz CT molecular complexity index is 354. The number of hydrogen-bond donors (Lipinski definition) is 2. The summed E-state index contributed by atoms with van der Waals surface area (Å²) >= 11 is 0. The third kappa shape index (κ3) is 3.45. The third-order valence-corrected chi connectivity index (χ3v) is 3.66. The van der Waals surface area contributed by atoms with Crippen molar-refractivity contribution in [3.8, 4) is 0 Å². The van der Waals surface area contributed by atoms with Crippen LogP contribution in [-0.2, 0) is 6.42 Å². The molecular weight excluding hydrogens is 212 g/mol. The van der Waals surface area contributed by atoms with Crippen LogP contribution in [0.4, 0.5) is 5.69 Å². The molecule has 1 atom stereocenters. The van der Waals surface area contributed by atoms with Crippen molar-refractivity contribution in [1.82, 2.24) is 4.90 Å². The van der Waals surface area contributed by atoms with Crippen molar-refractivity contribution in [2.24, 2.45) is 5.92 Å². The molecule has 1 heterocycles. The highest BCUT2D eigenvalue weighted by Gasteiger charge is 2.21. The summed E-state index contributed by atoms with van der Waals surface area (Å²) in [5.74, 6) is 0.688. The summed E-state index contributed by atoms with van der Waals surface area (Å²) in [6.45, 7) is 3.70. The minimum atomic E-state index is 0.324. The lowest BCUT2D eigenvalue weighted by molar-refractivity contribution is 0.251. The van der Waals surface area contributed by atoms with Gasteiger partial charge in [-0.25, -0.2) is 0 Å². The van der Waals surface area contributed by atoms with Gasteiger partial charge in [-0.1, -0.05) is 18.2 Å². The zero-order chi connectivity index (χ0) is 12.1. The average molecular weight is 234 g/mol. The molecule has 1 saturated heterocycles. The highest BCUT2D eigenvalue weighted by atomic mass is 16.3. The van der Waals surface area contributed by atoms with Crippen LogP contribution in [0.3, 0.4) is 0 Å². The molecule has 0 bridgehead atoms. The van der Waals surface area contributed by atoms with Gasteiger partial charge in [0.15, 0.2) is 0 Å². The van der Waals surface area contributed by atoms with Gasteiger partial charge in [0.25, 0.3) is 0 Å². The fourth-order valence-electron chi connectivity index (χ4n) is 2.57. The monoisotopic (exact) mass is 234 g/mol. The van der Waals surface area contributed by atoms with Crippen molar-refractivity contribution < 1.29 is 5.11 Å². The smallest absolute Gasteiger partial charge is 0.0434 e. The van der Waals surface area contributed by atoms with E-state index in [1.807, 2.05) is 18.2 Å². The van der Waals surface area contributed by atoms with Crippen molar-refractivity contribution in [3.63, 3.8) is 0 Å². The van der Waals surface area contributed by atoms with Gasteiger partial charge in [-0.2, -0.15) is 0 Å². The third-order valence-electron chi connectivity index (χ3n) is 3.66. The molecule has 1 unspecified atom stereocenters. The summed E-state index contributed by atoms with van der Waals surface area (Å²) in [6, 6.07) is 8.10. The Morgan fingerprint density at radius 3 is 2.94 bits per heavy atom. The first-order chi connectivity index (χ1) is 8.29. The van der Waals surface area contributed by atoms with Crippen LogP contribution in [0, 0.1) is 5.92 Å². The van der Waals surface area contributed by atoms with Crippen LogP contribution >= 0.6 is 0 Å². The molecule has 1 aliphatic heterocycles. The minimum Gasteiger partial charge on any atom is -0.399 e. The largest absolute Gasteiger partial charge is 0.399 e. The molecule has 0 saturated carbocycles. The van der Waals surface area contributed by atoms with Gasteiger partial charge >= 0.3 is 0 Å². The van der Waals surface area contributed by atoms with Gasteiger partial charge in [-0.05, 0) is 43.4 Å². The molecular formula is C14H22N2O. The van der Waals surface area contributed by atoms with Crippen LogP contribution in [-0.4, -0.2) is 36.2 Å². The Morgan fingerprint density at radius 1 is 1.35 bits per heavy atom. The lowest BCUT2D eigenvalue weighted by Gasteiger charge is -2.16. The van der Waals surface area contributed by atoms with E-state index in [0.717, 1.165) is 38.2 Å². The Kier molecular flexibility index (Phi) is 4.40. The summed E-state index contributed by atoms with van der Waals surface area (Å²) in [6.07, 6.45) is 3.20. The summed E-state index contributed by atoms with van der Waals surface area (Å²) in [4.78, 5) is 2.48. The van der Waals surface area contributed by atoms with E-state index in [1.54, 1.807) is 0 Å². The van der Waals surface area contributed by atoms with Gasteiger partial charge in [0.2, 0.25) is 0 Å². The number of aliphatic hydroxyl groups is 1. The molecule has 0 aliphatic carbocycles. The molecule has 1 aliphatic rings. The maximum atomic E-state index is 8.92. The SMILES string of the molecule is Nc1ccccc1CCN1CCC(CCO)C1. The molecule has 0 amide bonds. The number of nitrogens with zero attached hydrogens (tertiary/aromatic N) is 1. The van der Waals surface area contributed by atoms with Gasteiger partial charge in [0.05, 0.1) is 0 Å². The standard InChI is InChI=1S/C14H22N2O/c15-14-4-2-1-3-13(14)6-9-16-8-5-12(11-16)7-10-17/h1-4,12,17H,5-11,15H2. The number of nitrogens with two attached hydrogens (primary N) is 1. The quantitative estimate of drug-likeness (QED) is 0.759. The van der Waals surface area contributed by atoms with Crippen molar-refractivity contribution in [2.45, 2.75) is 19.3 Å². The van der Waals surface area contributed by atoms with E-state index in [0.29, 0.717) is 12.5 Å². The number of aliphatic hydroxyl groups excluding tert-OH is 1. The molecule has 2 rings (SSSR count). The maximum Gasteiger partial charge on any atom is 0.0434 e. The molecule has 1 fully saturated rings. The van der Waals surface area contributed by atoms with Crippen LogP contribution in [0.25, 0.3) is 0 Å². The first-order valence-electron chi connectivity index (χ1n) is 6.46. The molecule has 17 heavy (non-hydrogen) atoms. The summed E-state index contributed by atoms with van der Waals surface area (Å²) in [5.41, 5.74) is 8.08. The first kappa shape index (κ1) is 12.4. The zero-order valence-electron chi connectivity index (χ0n) is 10.3. The number of rotatable bonds is 5. The molecule has 3 heteroatoms. The Balaban J connectivity index is 1.78. The molecule has 94 valence electrons. The maximum absolute atomic E-state index is 8.92. The van der Waals surface area contributed by atoms with Gasteiger partial charge in [-0.15, -0.1) is 0 Å². The van der Waals surface area contributed by atoms with E-state index in [9.17, 15) is 0 Å². The highest BCUT2D eigenvalue weighted by molar-refractivity contribution is 5.46. The molecule has 3 nitrogen and oxygen atoms in total. The Hall–Kier alpha value is -1.06. The molecule has 1 aromatic rings. The van der Waals surface area contributed by atoms with E-state index in [-0.39, 0.29) is 0 Å². The number of anilines is 1. The fourth-order valence-corrected chi connectivity index (χ4v) is 2.57. The predicted molar refractivity (Wildman–Crippen MR) is 70.8 cm³/mol. The van der Waals surface area contributed by atoms with Crippen molar-refractivity contribution in [1.29, 1.82) is 0 Å². The molecule has 0 radical (unpaired) electrons. The van der Waals surface area contributed by atoms with E-state index >= 15 is 0 Å². The van der Waals surface area contributed by atoms with E-state index in [4.69, 9.17) is 10.8 Å². The fraction of sp³-hybridized carbons (Fsp3) is 0.571. The van der Waals surface area contributed by atoms with Crippen LogP contribution in [0.15, 0.2) is 24.3 Å². The van der Waals surface area contributed by atoms with Crippen molar-refractivity contribution in [2.75, 3.05) is 32.0 Å². The number of para-hydroxylation sites is 1. The lowest BCUT2D eigenvalue weighted by atomic mass is 10.1. The Morgan fingerprint density at radius 2 is 2.18 bits per heavy atom. The van der Waals surface area contributed by atoms with Crippen LogP contribution in [0.2, 0.25) is 0 Å². The van der Waals surface area contributed by atoms with Gasteiger partial charge in [-0.3, -0.25) is 0 Å². The first-order valence-corrected chi connectivity index (χ1v) is 6.46. The number of hydrogen-bond acceptors (Lipinski definition) is 3. The van der Waals surface area contributed by atoms with Crippen LogP contribution < -0.4 is 5.73 Å². The second-order valence-corrected chi connectivity index (χ2v) is 4.92. The second kappa shape index (κ2) is 6.03. The summed E-state index contributed by atoms with van der Waals surface area (Å²) in [5, 5.41) is 8.92. The summed E-state index contributed by atoms with van der Waals surface area (Å²) in [7, 11) is 0. The molecule has 1 aromatic carbocycles. The second-order valence-electron chi connectivity index (χ2n) is 4.92.